The molecule has 3 aromatic rings. The third-order valence-electron chi connectivity index (χ3n) is 6.53. The molecule has 0 bridgehead atoms. The molecule has 0 aliphatic carbocycles. The second-order valence-electron chi connectivity index (χ2n) is 9.17. The molecule has 1 N–H and O–H groups in total. The Kier molecular flexibility index (Phi) is 8.15. The standard InChI is InChI=1S/C26H20ClF5N4O5/c1-13-14(2)23(38)33-36(41-25(40)26(30,31)32)21(13)10-15-3-5-19(29)17(9-15)24(39)34-7-8-35(22(37)12-34)20-6-4-16(28)11-18(20)27/h3-6,9,11H,7-8,10,12H2,1-2H3/p+1. The van der Waals surface area contributed by atoms with E-state index in [-0.39, 0.29) is 52.6 Å². The lowest BCUT2D eigenvalue weighted by Crippen LogP contribution is -2.58. The molecule has 15 heteroatoms. The van der Waals surface area contributed by atoms with Gasteiger partial charge >= 0.3 is 17.7 Å². The zero-order valence-corrected chi connectivity index (χ0v) is 22.2. The van der Waals surface area contributed by atoms with E-state index in [9.17, 15) is 41.1 Å². The quantitative estimate of drug-likeness (QED) is 0.359. The molecule has 0 unspecified atom stereocenters. The lowest BCUT2D eigenvalue weighted by Gasteiger charge is -2.34. The molecular weight excluding hydrogens is 579 g/mol. The van der Waals surface area contributed by atoms with Gasteiger partial charge in [-0.15, -0.1) is 0 Å². The maximum atomic E-state index is 14.8. The summed E-state index contributed by atoms with van der Waals surface area (Å²) in [5.74, 6) is -5.45. The molecule has 1 saturated heterocycles. The maximum absolute atomic E-state index is 14.8. The number of rotatable bonds is 5. The molecular formula is C26H21ClF5N4O5+. The number of carbonyl (C=O) groups excluding carboxylic acids is 3. The first-order valence-electron chi connectivity index (χ1n) is 11.9. The highest BCUT2D eigenvalue weighted by molar-refractivity contribution is 6.33. The average molecular weight is 600 g/mol. The van der Waals surface area contributed by atoms with E-state index in [1.165, 1.54) is 30.9 Å². The summed E-state index contributed by atoms with van der Waals surface area (Å²) in [6.45, 7) is 2.39. The summed E-state index contributed by atoms with van der Waals surface area (Å²) in [7, 11) is 0. The number of H-pyrrole nitrogens is 1. The van der Waals surface area contributed by atoms with Crippen molar-refractivity contribution in [1.82, 2.24) is 10.00 Å². The van der Waals surface area contributed by atoms with Crippen LogP contribution in [-0.2, 0) is 16.0 Å². The minimum atomic E-state index is -5.35. The monoisotopic (exact) mass is 599 g/mol. The van der Waals surface area contributed by atoms with Crippen LogP contribution in [-0.4, -0.2) is 53.6 Å². The van der Waals surface area contributed by atoms with Crippen LogP contribution in [0.5, 0.6) is 0 Å². The highest BCUT2D eigenvalue weighted by Crippen LogP contribution is 2.28. The third kappa shape index (κ3) is 6.21. The van der Waals surface area contributed by atoms with E-state index < -0.39 is 53.3 Å². The van der Waals surface area contributed by atoms with Crippen LogP contribution >= 0.6 is 11.6 Å². The summed E-state index contributed by atoms with van der Waals surface area (Å²) >= 11 is 6.05. The van der Waals surface area contributed by atoms with Crippen molar-refractivity contribution in [3.8, 4) is 0 Å². The zero-order valence-electron chi connectivity index (χ0n) is 21.4. The van der Waals surface area contributed by atoms with Crippen LogP contribution in [0.25, 0.3) is 0 Å². The van der Waals surface area contributed by atoms with Crippen molar-refractivity contribution in [1.29, 1.82) is 0 Å². The zero-order chi connectivity index (χ0) is 30.2. The van der Waals surface area contributed by atoms with Crippen molar-refractivity contribution in [2.45, 2.75) is 26.4 Å². The lowest BCUT2D eigenvalue weighted by atomic mass is 10.0. The molecule has 1 fully saturated rings. The second-order valence-corrected chi connectivity index (χ2v) is 9.57. The number of hydrogen-bond acceptors (Lipinski definition) is 5. The fourth-order valence-electron chi connectivity index (χ4n) is 4.21. The first-order valence-corrected chi connectivity index (χ1v) is 12.3. The largest absolute Gasteiger partial charge is 0.498 e. The van der Waals surface area contributed by atoms with Gasteiger partial charge < -0.3 is 9.80 Å². The van der Waals surface area contributed by atoms with Crippen molar-refractivity contribution < 1.29 is 46.0 Å². The van der Waals surface area contributed by atoms with Gasteiger partial charge in [-0.2, -0.15) is 18.0 Å². The Labute approximate surface area is 233 Å². The Bertz CT molecular complexity index is 1620. The van der Waals surface area contributed by atoms with E-state index in [4.69, 9.17) is 11.6 Å². The summed E-state index contributed by atoms with van der Waals surface area (Å²) < 4.78 is 66.6. The van der Waals surface area contributed by atoms with Crippen molar-refractivity contribution in [3.63, 3.8) is 0 Å². The van der Waals surface area contributed by atoms with E-state index in [1.54, 1.807) is 0 Å². The number of aromatic nitrogens is 2. The van der Waals surface area contributed by atoms with Crippen molar-refractivity contribution in [2.24, 2.45) is 0 Å². The first kappa shape index (κ1) is 29.6. The van der Waals surface area contributed by atoms with Gasteiger partial charge in [0.05, 0.1) is 22.7 Å². The van der Waals surface area contributed by atoms with E-state index >= 15 is 0 Å². The number of nitrogens with one attached hydrogen (secondary N) is 1. The molecule has 2 aromatic carbocycles. The van der Waals surface area contributed by atoms with Gasteiger partial charge in [0.1, 0.15) is 23.0 Å². The van der Waals surface area contributed by atoms with E-state index in [0.717, 1.165) is 29.2 Å². The lowest BCUT2D eigenvalue weighted by molar-refractivity contribution is -0.921. The van der Waals surface area contributed by atoms with Crippen molar-refractivity contribution in [2.75, 3.05) is 24.5 Å². The number of piperazine rings is 1. The molecule has 0 radical (unpaired) electrons. The van der Waals surface area contributed by atoms with Crippen LogP contribution < -0.4 is 20.1 Å². The molecule has 2 amide bonds. The minimum Gasteiger partial charge on any atom is -0.327 e. The van der Waals surface area contributed by atoms with Gasteiger partial charge in [0, 0.05) is 24.2 Å². The van der Waals surface area contributed by atoms with E-state index in [2.05, 4.69) is 4.84 Å². The third-order valence-corrected chi connectivity index (χ3v) is 6.83. The van der Waals surface area contributed by atoms with Crippen LogP contribution in [0.4, 0.5) is 27.6 Å². The fourth-order valence-corrected chi connectivity index (χ4v) is 4.48. The normalized spacial score (nSPS) is 13.9. The summed E-state index contributed by atoms with van der Waals surface area (Å²) in [4.78, 5) is 56.6. The van der Waals surface area contributed by atoms with Crippen molar-refractivity contribution in [3.05, 3.63) is 91.4 Å². The summed E-state index contributed by atoms with van der Waals surface area (Å²) in [5.41, 5.74) is -0.473. The number of amides is 2. The molecule has 41 heavy (non-hydrogen) atoms. The topological polar surface area (TPSA) is 104 Å². The summed E-state index contributed by atoms with van der Waals surface area (Å²) in [6.07, 6.45) is -5.62. The van der Waals surface area contributed by atoms with Crippen LogP contribution in [0.2, 0.25) is 5.02 Å². The van der Waals surface area contributed by atoms with Gasteiger partial charge in [-0.3, -0.25) is 14.4 Å². The molecule has 1 aliphatic heterocycles. The first-order chi connectivity index (χ1) is 19.2. The minimum absolute atomic E-state index is 0.00232. The highest BCUT2D eigenvalue weighted by atomic mass is 35.5. The molecule has 1 aliphatic rings. The summed E-state index contributed by atoms with van der Waals surface area (Å²) in [5, 5.41) is 2.04. The number of halogens is 6. The Balaban J connectivity index is 1.59. The van der Waals surface area contributed by atoms with Gasteiger partial charge in [0.15, 0.2) is 0 Å². The smallest absolute Gasteiger partial charge is 0.327 e. The molecule has 0 spiro atoms. The van der Waals surface area contributed by atoms with Gasteiger partial charge in [-0.1, -0.05) is 22.8 Å². The Morgan fingerprint density at radius 3 is 2.39 bits per heavy atom. The molecule has 2 heterocycles. The van der Waals surface area contributed by atoms with Crippen molar-refractivity contribution >= 4 is 35.1 Å². The van der Waals surface area contributed by atoms with Crippen LogP contribution in [0.1, 0.15) is 32.7 Å². The predicted octanol–water partition coefficient (Wildman–Crippen LogP) is 2.81. The SMILES string of the molecule is Cc1c(C)c(=O)[nH][n+](OC(=O)C(F)(F)F)c1Cc1ccc(F)c(C(=O)N2CCN(c3ccc(F)cc3Cl)C(=O)C2)c1. The summed E-state index contributed by atoms with van der Waals surface area (Å²) in [6, 6.07) is 6.89. The second kappa shape index (κ2) is 11.3. The van der Waals surface area contributed by atoms with E-state index in [0.29, 0.717) is 4.85 Å². The Morgan fingerprint density at radius 2 is 1.76 bits per heavy atom. The fraction of sp³-hybridized carbons (Fsp3) is 0.269. The number of hydrogen-bond donors (Lipinski definition) is 1. The van der Waals surface area contributed by atoms with E-state index in [1.807, 2.05) is 5.10 Å². The van der Waals surface area contributed by atoms with Crippen LogP contribution in [0.15, 0.2) is 41.2 Å². The Hall–Kier alpha value is -4.33. The predicted molar refractivity (Wildman–Crippen MR) is 133 cm³/mol. The maximum Gasteiger partial charge on any atom is 0.498 e. The van der Waals surface area contributed by atoms with Gasteiger partial charge in [0.25, 0.3) is 11.6 Å². The number of alkyl halides is 3. The van der Waals surface area contributed by atoms with Crippen LogP contribution in [0, 0.1) is 25.5 Å². The molecule has 4 rings (SSSR count). The molecule has 216 valence electrons. The molecule has 1 aromatic heterocycles. The van der Waals surface area contributed by atoms with Gasteiger partial charge in [-0.05, 0) is 49.7 Å². The average Bonchev–Trinajstić information content (AvgIpc) is 2.90. The molecule has 0 atom stereocenters. The molecule has 9 nitrogen and oxygen atoms in total. The number of carbonyl (C=O) groups is 3. The number of anilines is 1. The van der Waals surface area contributed by atoms with Gasteiger partial charge in [0.2, 0.25) is 5.91 Å². The van der Waals surface area contributed by atoms with Gasteiger partial charge in [-0.25, -0.2) is 13.6 Å². The number of nitrogens with zero attached hydrogens (tertiary/aromatic N) is 3. The van der Waals surface area contributed by atoms with Crippen LogP contribution in [0.3, 0.4) is 0 Å². The molecule has 0 saturated carbocycles. The highest BCUT2D eigenvalue weighted by Gasteiger charge is 2.46. The Morgan fingerprint density at radius 1 is 1.05 bits per heavy atom. The number of benzene rings is 2. The number of aromatic amines is 1.